The zero-order chi connectivity index (χ0) is 14.9. The summed E-state index contributed by atoms with van der Waals surface area (Å²) in [6.45, 7) is 1.81. The number of hydrogen-bond donors (Lipinski definition) is 1. The molecule has 0 saturated heterocycles. The van der Waals surface area contributed by atoms with E-state index < -0.39 is 10.0 Å². The lowest BCUT2D eigenvalue weighted by molar-refractivity contribution is 0.428. The Labute approximate surface area is 125 Å². The molecule has 0 aliphatic rings. The summed E-state index contributed by atoms with van der Waals surface area (Å²) < 4.78 is 32.3. The number of nitrogens with one attached hydrogen (secondary N) is 1. The van der Waals surface area contributed by atoms with Gasteiger partial charge in [0.1, 0.15) is 10.0 Å². The van der Waals surface area contributed by atoms with Crippen molar-refractivity contribution in [3.63, 3.8) is 0 Å². The standard InChI is InChI=1S/C13H11N3O3S2/c1-9-8-10(19-15-9)11-5-6-13(20-11)21(17,18)16-12-4-2-3-7-14-12/h2-8H,1H3,(H,14,16). The summed E-state index contributed by atoms with van der Waals surface area (Å²) in [5.41, 5.74) is 0.745. The van der Waals surface area contributed by atoms with Gasteiger partial charge in [0.2, 0.25) is 0 Å². The minimum atomic E-state index is -3.65. The Balaban J connectivity index is 1.88. The second-order valence-electron chi connectivity index (χ2n) is 4.27. The maximum absolute atomic E-state index is 12.3. The third kappa shape index (κ3) is 2.96. The van der Waals surface area contributed by atoms with Crippen molar-refractivity contribution < 1.29 is 12.9 Å². The molecule has 3 aromatic heterocycles. The molecule has 0 aromatic carbocycles. The lowest BCUT2D eigenvalue weighted by Crippen LogP contribution is -2.12. The fourth-order valence-electron chi connectivity index (χ4n) is 1.69. The van der Waals surface area contributed by atoms with E-state index in [9.17, 15) is 8.42 Å². The first-order chi connectivity index (χ1) is 10.0. The highest BCUT2D eigenvalue weighted by Crippen LogP contribution is 2.31. The minimum Gasteiger partial charge on any atom is -0.355 e. The van der Waals surface area contributed by atoms with Crippen LogP contribution in [0.4, 0.5) is 5.82 Å². The lowest BCUT2D eigenvalue weighted by Gasteiger charge is -2.04. The fraction of sp³-hybridized carbons (Fsp3) is 0.0769. The molecule has 0 spiro atoms. The van der Waals surface area contributed by atoms with Gasteiger partial charge in [0.15, 0.2) is 5.76 Å². The molecule has 0 amide bonds. The Bertz CT molecular complexity index is 854. The summed E-state index contributed by atoms with van der Waals surface area (Å²) in [6, 6.07) is 10.00. The number of aromatic nitrogens is 2. The molecule has 0 bridgehead atoms. The van der Waals surface area contributed by atoms with Crippen LogP contribution in [-0.2, 0) is 10.0 Å². The first-order valence-electron chi connectivity index (χ1n) is 6.02. The molecule has 21 heavy (non-hydrogen) atoms. The van der Waals surface area contributed by atoms with Crippen LogP contribution in [0.2, 0.25) is 0 Å². The summed E-state index contributed by atoms with van der Waals surface area (Å²) in [5.74, 6) is 0.833. The van der Waals surface area contributed by atoms with Crippen LogP contribution < -0.4 is 4.72 Å². The van der Waals surface area contributed by atoms with Gasteiger partial charge in [-0.1, -0.05) is 11.2 Å². The Morgan fingerprint density at radius 2 is 2.10 bits per heavy atom. The van der Waals surface area contributed by atoms with Gasteiger partial charge in [0.05, 0.1) is 10.6 Å². The van der Waals surface area contributed by atoms with E-state index in [0.717, 1.165) is 17.0 Å². The molecule has 108 valence electrons. The van der Waals surface area contributed by atoms with E-state index in [4.69, 9.17) is 4.52 Å². The Hall–Kier alpha value is -2.19. The number of nitrogens with zero attached hydrogens (tertiary/aromatic N) is 2. The average molecular weight is 321 g/mol. The SMILES string of the molecule is Cc1cc(-c2ccc(S(=O)(=O)Nc3ccccn3)s2)on1. The van der Waals surface area contributed by atoms with Crippen molar-refractivity contribution >= 4 is 27.2 Å². The van der Waals surface area contributed by atoms with Crippen molar-refractivity contribution in [2.24, 2.45) is 0 Å². The largest absolute Gasteiger partial charge is 0.355 e. The minimum absolute atomic E-state index is 0.192. The predicted octanol–water partition coefficient (Wildman–Crippen LogP) is 2.91. The van der Waals surface area contributed by atoms with Crippen LogP contribution in [0, 0.1) is 6.92 Å². The normalized spacial score (nSPS) is 11.5. The zero-order valence-corrected chi connectivity index (χ0v) is 12.6. The van der Waals surface area contributed by atoms with Crippen LogP contribution in [0.5, 0.6) is 0 Å². The summed E-state index contributed by atoms with van der Waals surface area (Å²) in [4.78, 5) is 4.65. The molecule has 8 heteroatoms. The molecule has 3 heterocycles. The van der Waals surface area contributed by atoms with E-state index in [1.807, 2.05) is 0 Å². The van der Waals surface area contributed by atoms with E-state index in [2.05, 4.69) is 14.9 Å². The summed E-state index contributed by atoms with van der Waals surface area (Å²) in [7, 11) is -3.65. The van der Waals surface area contributed by atoms with E-state index in [0.29, 0.717) is 10.6 Å². The molecule has 1 N–H and O–H groups in total. The van der Waals surface area contributed by atoms with Crippen LogP contribution >= 0.6 is 11.3 Å². The molecule has 3 aromatic rings. The topological polar surface area (TPSA) is 85.1 Å². The van der Waals surface area contributed by atoms with Gasteiger partial charge in [0, 0.05) is 12.3 Å². The van der Waals surface area contributed by atoms with Crippen LogP contribution in [0.1, 0.15) is 5.69 Å². The number of thiophene rings is 1. The average Bonchev–Trinajstić information content (AvgIpc) is 3.08. The maximum atomic E-state index is 12.3. The van der Waals surface area contributed by atoms with E-state index in [1.165, 1.54) is 12.3 Å². The highest BCUT2D eigenvalue weighted by molar-refractivity contribution is 7.94. The molecular formula is C13H11N3O3S2. The van der Waals surface area contributed by atoms with E-state index >= 15 is 0 Å². The van der Waals surface area contributed by atoms with Crippen molar-refractivity contribution in [2.45, 2.75) is 11.1 Å². The van der Waals surface area contributed by atoms with Gasteiger partial charge in [0.25, 0.3) is 10.0 Å². The summed E-state index contributed by atoms with van der Waals surface area (Å²) in [5, 5.41) is 3.79. The smallest absolute Gasteiger partial charge is 0.272 e. The molecular weight excluding hydrogens is 310 g/mol. The van der Waals surface area contributed by atoms with Gasteiger partial charge >= 0.3 is 0 Å². The lowest BCUT2D eigenvalue weighted by atomic mass is 10.3. The third-order valence-corrected chi connectivity index (χ3v) is 5.57. The maximum Gasteiger partial charge on any atom is 0.272 e. The highest BCUT2D eigenvalue weighted by atomic mass is 32.2. The van der Waals surface area contributed by atoms with Crippen LogP contribution in [-0.4, -0.2) is 18.6 Å². The van der Waals surface area contributed by atoms with Gasteiger partial charge < -0.3 is 4.52 Å². The Morgan fingerprint density at radius 1 is 1.24 bits per heavy atom. The number of hydrogen-bond acceptors (Lipinski definition) is 6. The molecule has 6 nitrogen and oxygen atoms in total. The number of aryl methyl sites for hydroxylation is 1. The van der Waals surface area contributed by atoms with Crippen LogP contribution in [0.3, 0.4) is 0 Å². The first kappa shape index (κ1) is 13.8. The Morgan fingerprint density at radius 3 is 2.76 bits per heavy atom. The number of sulfonamides is 1. The molecule has 0 aliphatic heterocycles. The summed E-state index contributed by atoms with van der Waals surface area (Å²) in [6.07, 6.45) is 1.52. The van der Waals surface area contributed by atoms with E-state index in [-0.39, 0.29) is 10.0 Å². The predicted molar refractivity (Wildman–Crippen MR) is 79.6 cm³/mol. The van der Waals surface area contributed by atoms with Gasteiger partial charge in [-0.2, -0.15) is 0 Å². The second-order valence-corrected chi connectivity index (χ2v) is 7.26. The Kier molecular flexibility index (Phi) is 3.48. The van der Waals surface area contributed by atoms with Gasteiger partial charge in [-0.15, -0.1) is 11.3 Å². The van der Waals surface area contributed by atoms with Crippen LogP contribution in [0.25, 0.3) is 10.6 Å². The van der Waals surface area contributed by atoms with Gasteiger partial charge in [-0.05, 0) is 31.2 Å². The van der Waals surface area contributed by atoms with Crippen molar-refractivity contribution in [1.82, 2.24) is 10.1 Å². The van der Waals surface area contributed by atoms with Crippen molar-refractivity contribution in [2.75, 3.05) is 4.72 Å². The second kappa shape index (κ2) is 5.30. The highest BCUT2D eigenvalue weighted by Gasteiger charge is 2.19. The monoisotopic (exact) mass is 321 g/mol. The summed E-state index contributed by atoms with van der Waals surface area (Å²) >= 11 is 1.11. The van der Waals surface area contributed by atoms with Crippen molar-refractivity contribution in [3.8, 4) is 10.6 Å². The van der Waals surface area contributed by atoms with Crippen molar-refractivity contribution in [3.05, 3.63) is 48.3 Å². The first-order valence-corrected chi connectivity index (χ1v) is 8.32. The number of pyridine rings is 1. The van der Waals surface area contributed by atoms with Gasteiger partial charge in [-0.3, -0.25) is 4.72 Å². The van der Waals surface area contributed by atoms with E-state index in [1.54, 1.807) is 37.3 Å². The molecule has 0 fully saturated rings. The van der Waals surface area contributed by atoms with Gasteiger partial charge in [-0.25, -0.2) is 13.4 Å². The molecule has 0 saturated carbocycles. The number of rotatable bonds is 4. The molecule has 0 aliphatic carbocycles. The molecule has 0 radical (unpaired) electrons. The third-order valence-electron chi connectivity index (χ3n) is 2.62. The molecule has 3 rings (SSSR count). The molecule has 0 unspecified atom stereocenters. The van der Waals surface area contributed by atoms with Crippen LogP contribution in [0.15, 0.2) is 51.3 Å². The fourth-order valence-corrected chi connectivity index (χ4v) is 3.95. The quantitative estimate of drug-likeness (QED) is 0.798. The van der Waals surface area contributed by atoms with Crippen molar-refractivity contribution in [1.29, 1.82) is 0 Å². The number of anilines is 1. The molecule has 0 atom stereocenters. The zero-order valence-electron chi connectivity index (χ0n) is 11.0.